The van der Waals surface area contributed by atoms with Gasteiger partial charge in [-0.1, -0.05) is 42.5 Å². The van der Waals surface area contributed by atoms with Crippen molar-refractivity contribution in [1.82, 2.24) is 14.1 Å². The highest BCUT2D eigenvalue weighted by Crippen LogP contribution is 2.31. The molecule has 4 rings (SSSR count). The van der Waals surface area contributed by atoms with Crippen LogP contribution in [0.1, 0.15) is 28.8 Å². The zero-order valence-corrected chi connectivity index (χ0v) is 19.3. The number of imidazole rings is 1. The van der Waals surface area contributed by atoms with Gasteiger partial charge in [0.25, 0.3) is 0 Å². The van der Waals surface area contributed by atoms with Gasteiger partial charge in [-0.05, 0) is 30.2 Å². The van der Waals surface area contributed by atoms with E-state index in [-0.39, 0.29) is 19.0 Å². The van der Waals surface area contributed by atoms with Crippen molar-refractivity contribution >= 4 is 28.9 Å². The number of ether oxygens (including phenoxy) is 2. The molecule has 0 aliphatic heterocycles. The van der Waals surface area contributed by atoms with Crippen molar-refractivity contribution < 1.29 is 19.1 Å². The van der Waals surface area contributed by atoms with Crippen LogP contribution in [0.2, 0.25) is 0 Å². The first-order valence-corrected chi connectivity index (χ1v) is 11.1. The minimum absolute atomic E-state index is 0.225. The number of aryl methyl sites for hydroxylation is 1. The van der Waals surface area contributed by atoms with Crippen LogP contribution in [0.25, 0.3) is 17.0 Å². The first kappa shape index (κ1) is 23.0. The van der Waals surface area contributed by atoms with Gasteiger partial charge in [-0.15, -0.1) is 0 Å². The Balaban J connectivity index is 1.65. The van der Waals surface area contributed by atoms with E-state index in [4.69, 9.17) is 9.47 Å². The van der Waals surface area contributed by atoms with Crippen LogP contribution in [0.5, 0.6) is 0 Å². The van der Waals surface area contributed by atoms with Gasteiger partial charge in [0, 0.05) is 47.2 Å². The topological polar surface area (TPSA) is 75.4 Å². The molecule has 0 saturated carbocycles. The summed E-state index contributed by atoms with van der Waals surface area (Å²) in [6.07, 6.45) is 8.96. The van der Waals surface area contributed by atoms with Crippen LogP contribution < -0.4 is 0 Å². The summed E-state index contributed by atoms with van der Waals surface area (Å²) in [5.74, 6) is -0.659. The summed E-state index contributed by atoms with van der Waals surface area (Å²) >= 11 is 0. The van der Waals surface area contributed by atoms with E-state index in [2.05, 4.69) is 9.55 Å². The van der Waals surface area contributed by atoms with Gasteiger partial charge in [-0.3, -0.25) is 4.79 Å². The maximum Gasteiger partial charge on any atom is 0.331 e. The molecule has 0 amide bonds. The van der Waals surface area contributed by atoms with E-state index in [1.54, 1.807) is 18.6 Å². The SMILES string of the molecule is COC(=O)CCn1c(C)c(Cn2ccnc2)c2c(C=CC(=O)OCc3ccccc3)cccc21. The van der Waals surface area contributed by atoms with Crippen LogP contribution >= 0.6 is 0 Å². The summed E-state index contributed by atoms with van der Waals surface area (Å²) in [6, 6.07) is 15.5. The number of rotatable bonds is 9. The normalized spacial score (nSPS) is 11.2. The van der Waals surface area contributed by atoms with Gasteiger partial charge in [-0.2, -0.15) is 0 Å². The molecule has 0 atom stereocenters. The van der Waals surface area contributed by atoms with E-state index in [1.165, 1.54) is 13.2 Å². The van der Waals surface area contributed by atoms with E-state index in [0.717, 1.165) is 33.3 Å². The second-order valence-corrected chi connectivity index (χ2v) is 7.94. The van der Waals surface area contributed by atoms with Gasteiger partial charge in [0.2, 0.25) is 0 Å². The van der Waals surface area contributed by atoms with Crippen LogP contribution in [-0.2, 0) is 38.8 Å². The standard InChI is InChI=1S/C27H27N3O4/c1-20-23(17-29-16-14-28-19-29)27-22(9-6-10-24(27)30(20)15-13-25(31)33-2)11-12-26(32)34-18-21-7-4-3-5-8-21/h3-12,14,16,19H,13,15,17-18H2,1-2H3. The van der Waals surface area contributed by atoms with Gasteiger partial charge in [0.15, 0.2) is 0 Å². The average Bonchev–Trinajstić information content (AvgIpc) is 3.47. The van der Waals surface area contributed by atoms with Crippen LogP contribution in [0, 0.1) is 6.92 Å². The number of benzene rings is 2. The summed E-state index contributed by atoms with van der Waals surface area (Å²) in [6.45, 7) is 3.40. The molecule has 0 saturated heterocycles. The van der Waals surface area contributed by atoms with Crippen molar-refractivity contribution in [3.05, 3.63) is 95.7 Å². The van der Waals surface area contributed by atoms with Crippen molar-refractivity contribution in [1.29, 1.82) is 0 Å². The maximum atomic E-state index is 12.4. The van der Waals surface area contributed by atoms with Gasteiger partial charge in [0.1, 0.15) is 6.61 Å². The highest BCUT2D eigenvalue weighted by atomic mass is 16.5. The van der Waals surface area contributed by atoms with E-state index < -0.39 is 5.97 Å². The summed E-state index contributed by atoms with van der Waals surface area (Å²) in [5, 5.41) is 1.03. The zero-order chi connectivity index (χ0) is 23.9. The molecule has 0 bridgehead atoms. The largest absolute Gasteiger partial charge is 0.469 e. The lowest BCUT2D eigenvalue weighted by Gasteiger charge is -2.08. The number of carbonyl (C=O) groups excluding carboxylic acids is 2. The number of esters is 2. The monoisotopic (exact) mass is 457 g/mol. The molecule has 0 radical (unpaired) electrons. The van der Waals surface area contributed by atoms with Crippen molar-refractivity contribution in [3.8, 4) is 0 Å². The molecule has 0 aliphatic rings. The van der Waals surface area contributed by atoms with E-state index in [9.17, 15) is 9.59 Å². The predicted octanol–water partition coefficient (Wildman–Crippen LogP) is 4.51. The second kappa shape index (κ2) is 10.7. The fourth-order valence-electron chi connectivity index (χ4n) is 4.06. The van der Waals surface area contributed by atoms with Crippen LogP contribution in [0.4, 0.5) is 0 Å². The van der Waals surface area contributed by atoms with E-state index in [0.29, 0.717) is 13.1 Å². The number of hydrogen-bond donors (Lipinski definition) is 0. The molecule has 2 aromatic heterocycles. The number of hydrogen-bond acceptors (Lipinski definition) is 5. The van der Waals surface area contributed by atoms with Gasteiger partial charge in [-0.25, -0.2) is 9.78 Å². The molecule has 2 heterocycles. The molecule has 0 N–H and O–H groups in total. The highest BCUT2D eigenvalue weighted by Gasteiger charge is 2.17. The van der Waals surface area contributed by atoms with Gasteiger partial charge >= 0.3 is 11.9 Å². The molecule has 7 heteroatoms. The number of carbonyl (C=O) groups is 2. The van der Waals surface area contributed by atoms with Gasteiger partial charge in [0.05, 0.1) is 26.4 Å². The molecule has 0 fully saturated rings. The molecule has 0 spiro atoms. The summed E-state index contributed by atoms with van der Waals surface area (Å²) in [5.41, 5.74) is 5.00. The van der Waals surface area contributed by atoms with Crippen molar-refractivity contribution in [2.24, 2.45) is 0 Å². The molecule has 7 nitrogen and oxygen atoms in total. The first-order valence-electron chi connectivity index (χ1n) is 11.1. The Morgan fingerprint density at radius 1 is 1.09 bits per heavy atom. The Morgan fingerprint density at radius 3 is 2.65 bits per heavy atom. The minimum Gasteiger partial charge on any atom is -0.469 e. The lowest BCUT2D eigenvalue weighted by Crippen LogP contribution is -2.08. The molecule has 2 aromatic carbocycles. The molecule has 0 unspecified atom stereocenters. The lowest BCUT2D eigenvalue weighted by atomic mass is 10.0. The second-order valence-electron chi connectivity index (χ2n) is 7.94. The molecule has 174 valence electrons. The maximum absolute atomic E-state index is 12.4. The fraction of sp³-hybridized carbons (Fsp3) is 0.222. The third-order valence-electron chi connectivity index (χ3n) is 5.80. The van der Waals surface area contributed by atoms with Crippen LogP contribution in [0.15, 0.2) is 73.3 Å². The molecular formula is C27H27N3O4. The van der Waals surface area contributed by atoms with Crippen LogP contribution in [-0.4, -0.2) is 33.2 Å². The quantitative estimate of drug-likeness (QED) is 0.273. The average molecular weight is 458 g/mol. The minimum atomic E-state index is -0.404. The zero-order valence-electron chi connectivity index (χ0n) is 19.3. The van der Waals surface area contributed by atoms with Crippen molar-refractivity contribution in [2.75, 3.05) is 7.11 Å². The summed E-state index contributed by atoms with van der Waals surface area (Å²) < 4.78 is 14.4. The first-order chi connectivity index (χ1) is 16.6. The summed E-state index contributed by atoms with van der Waals surface area (Å²) in [4.78, 5) is 28.3. The van der Waals surface area contributed by atoms with Gasteiger partial charge < -0.3 is 18.6 Å². The molecule has 0 aliphatic carbocycles. The molecule has 34 heavy (non-hydrogen) atoms. The molecular weight excluding hydrogens is 430 g/mol. The number of nitrogens with zero attached hydrogens (tertiary/aromatic N) is 3. The van der Waals surface area contributed by atoms with E-state index >= 15 is 0 Å². The van der Waals surface area contributed by atoms with Crippen molar-refractivity contribution in [3.63, 3.8) is 0 Å². The Bertz CT molecular complexity index is 1300. The lowest BCUT2D eigenvalue weighted by molar-refractivity contribution is -0.141. The van der Waals surface area contributed by atoms with Crippen LogP contribution in [0.3, 0.4) is 0 Å². The Morgan fingerprint density at radius 2 is 1.91 bits per heavy atom. The number of methoxy groups -OCH3 is 1. The predicted molar refractivity (Wildman–Crippen MR) is 130 cm³/mol. The fourth-order valence-corrected chi connectivity index (χ4v) is 4.06. The molecule has 4 aromatic rings. The third-order valence-corrected chi connectivity index (χ3v) is 5.80. The number of fused-ring (bicyclic) bond motifs is 1. The third kappa shape index (κ3) is 5.26. The summed E-state index contributed by atoms with van der Waals surface area (Å²) in [7, 11) is 1.40. The highest BCUT2D eigenvalue weighted by molar-refractivity contribution is 5.96. The number of aromatic nitrogens is 3. The Kier molecular flexibility index (Phi) is 7.22. The Labute approximate surface area is 198 Å². The van der Waals surface area contributed by atoms with E-state index in [1.807, 2.05) is 66.2 Å². The van der Waals surface area contributed by atoms with Crippen molar-refractivity contribution in [2.45, 2.75) is 33.0 Å². The smallest absolute Gasteiger partial charge is 0.331 e. The Hall–Kier alpha value is -4.13.